The van der Waals surface area contributed by atoms with E-state index in [9.17, 15) is 40.5 Å². The monoisotopic (exact) mass is 1110 g/mol. The standard InChI is InChI=1S/C65H110O14/c1-3-5-7-9-11-13-15-17-19-21-23-24-25-26-27-28-29-31-33-35-37-39-41-43-45-47-49-74-51-54(77-57(67)48-46-44-42-40-38-36-34-32-30-22-20-18-16-14-12-10-8-6-4-2)52-75-64-63(73)61(71)59(69)56(79-64)53-76-65-62(72)60(70)58(68)55(50-66)78-65/h5,7,11,13,17-20,23-24,26-27,29,31,35,37,54-56,58-66,68-73H,3-4,6,8-10,12,14-16,21-22,25,28,30,32-34,36,38-53H2,1-2H3/b7-5-,13-11-,19-17-,20-18-,24-23-,27-26-,31-29-,37-35-. The van der Waals surface area contributed by atoms with E-state index in [1.165, 1.54) is 83.5 Å². The summed E-state index contributed by atoms with van der Waals surface area (Å²) in [6, 6.07) is 0. The summed E-state index contributed by atoms with van der Waals surface area (Å²) in [4.78, 5) is 13.1. The molecule has 2 saturated heterocycles. The lowest BCUT2D eigenvalue weighted by molar-refractivity contribution is -0.332. The third-order valence-corrected chi connectivity index (χ3v) is 14.1. The first-order chi connectivity index (χ1) is 38.6. The summed E-state index contributed by atoms with van der Waals surface area (Å²) in [7, 11) is 0. The highest BCUT2D eigenvalue weighted by Gasteiger charge is 2.47. The van der Waals surface area contributed by atoms with E-state index in [4.69, 9.17) is 28.4 Å². The predicted molar refractivity (Wildman–Crippen MR) is 316 cm³/mol. The SMILES string of the molecule is CC/C=C\C/C=C\C/C=C\C/C=C\C/C=C\C/C=C\C/C=C\CCCCCCOCC(COC1OC(COC2OC(CO)C(O)C(O)C2O)C(O)C(O)C1O)OC(=O)CCCCCCCCCCC/C=C\CCCCCCCC. The van der Waals surface area contributed by atoms with Crippen LogP contribution < -0.4 is 0 Å². The van der Waals surface area contributed by atoms with Crippen molar-refractivity contribution in [2.75, 3.05) is 33.0 Å². The number of unbranched alkanes of at least 4 members (excludes halogenated alkanes) is 19. The molecular formula is C65H110O14. The number of rotatable bonds is 49. The van der Waals surface area contributed by atoms with Gasteiger partial charge in [0.05, 0.1) is 26.4 Å². The summed E-state index contributed by atoms with van der Waals surface area (Å²) in [5.74, 6) is -0.390. The molecule has 0 aromatic heterocycles. The zero-order chi connectivity index (χ0) is 57.2. The molecule has 7 N–H and O–H groups in total. The molecule has 0 amide bonds. The van der Waals surface area contributed by atoms with Crippen LogP contribution in [-0.2, 0) is 33.2 Å². The zero-order valence-corrected chi connectivity index (χ0v) is 48.8. The van der Waals surface area contributed by atoms with Crippen LogP contribution in [-0.4, -0.2) is 142 Å². The highest BCUT2D eigenvalue weighted by atomic mass is 16.7. The molecule has 11 unspecified atom stereocenters. The van der Waals surface area contributed by atoms with E-state index in [2.05, 4.69) is 111 Å². The van der Waals surface area contributed by atoms with E-state index >= 15 is 0 Å². The molecule has 0 aromatic carbocycles. The second kappa shape index (κ2) is 50.6. The van der Waals surface area contributed by atoms with Crippen LogP contribution in [0.2, 0.25) is 0 Å². The third kappa shape index (κ3) is 36.9. The summed E-state index contributed by atoms with van der Waals surface area (Å²) >= 11 is 0. The average molecular weight is 1120 g/mol. The van der Waals surface area contributed by atoms with Gasteiger partial charge in [-0.15, -0.1) is 0 Å². The third-order valence-electron chi connectivity index (χ3n) is 14.1. The van der Waals surface area contributed by atoms with Crippen LogP contribution in [0.25, 0.3) is 0 Å². The molecule has 0 bridgehead atoms. The minimum absolute atomic E-state index is 0.0379. The molecule has 0 aliphatic carbocycles. The molecule has 14 heteroatoms. The maximum absolute atomic E-state index is 13.1. The molecule has 14 nitrogen and oxygen atoms in total. The van der Waals surface area contributed by atoms with Crippen molar-refractivity contribution in [1.29, 1.82) is 0 Å². The largest absolute Gasteiger partial charge is 0.457 e. The van der Waals surface area contributed by atoms with Crippen molar-refractivity contribution < 1.29 is 69.0 Å². The van der Waals surface area contributed by atoms with E-state index in [-0.39, 0.29) is 19.6 Å². The minimum Gasteiger partial charge on any atom is -0.457 e. The lowest BCUT2D eigenvalue weighted by Crippen LogP contribution is -2.61. The van der Waals surface area contributed by atoms with Crippen molar-refractivity contribution >= 4 is 5.97 Å². The molecule has 0 spiro atoms. The smallest absolute Gasteiger partial charge is 0.306 e. The first-order valence-electron chi connectivity index (χ1n) is 30.8. The second-order valence-corrected chi connectivity index (χ2v) is 21.1. The van der Waals surface area contributed by atoms with Crippen molar-refractivity contribution in [1.82, 2.24) is 0 Å². The Kier molecular flexibility index (Phi) is 46.1. The molecule has 2 aliphatic heterocycles. The van der Waals surface area contributed by atoms with Gasteiger partial charge in [0.25, 0.3) is 0 Å². The van der Waals surface area contributed by atoms with Crippen molar-refractivity contribution in [3.63, 3.8) is 0 Å². The molecule has 79 heavy (non-hydrogen) atoms. The molecule has 11 atom stereocenters. The van der Waals surface area contributed by atoms with Gasteiger partial charge in [0.15, 0.2) is 12.6 Å². The van der Waals surface area contributed by atoms with Crippen LogP contribution in [0.15, 0.2) is 97.2 Å². The Labute approximate surface area is 477 Å². The number of esters is 1. The normalized spacial score (nSPS) is 24.7. The molecule has 2 aliphatic rings. The maximum Gasteiger partial charge on any atom is 0.306 e. The van der Waals surface area contributed by atoms with Crippen LogP contribution in [0, 0.1) is 0 Å². The summed E-state index contributed by atoms with van der Waals surface area (Å²) < 4.78 is 34.4. The second-order valence-electron chi connectivity index (χ2n) is 21.1. The van der Waals surface area contributed by atoms with Gasteiger partial charge in [-0.3, -0.25) is 4.79 Å². The molecule has 2 fully saturated rings. The fourth-order valence-corrected chi connectivity index (χ4v) is 9.14. The molecule has 2 rings (SSSR count). The van der Waals surface area contributed by atoms with Gasteiger partial charge in [-0.05, 0) is 96.3 Å². The zero-order valence-electron chi connectivity index (χ0n) is 48.8. The molecule has 2 heterocycles. The molecule has 0 radical (unpaired) electrons. The summed E-state index contributed by atoms with van der Waals surface area (Å²) in [5.41, 5.74) is 0. The topological polar surface area (TPSA) is 214 Å². The summed E-state index contributed by atoms with van der Waals surface area (Å²) in [5, 5.41) is 72.4. The van der Waals surface area contributed by atoms with Gasteiger partial charge < -0.3 is 64.2 Å². The Morgan fingerprint density at radius 1 is 0.430 bits per heavy atom. The van der Waals surface area contributed by atoms with Crippen LogP contribution in [0.5, 0.6) is 0 Å². The summed E-state index contributed by atoms with van der Waals surface area (Å²) in [6.45, 7) is 3.50. The molecule has 0 saturated carbocycles. The number of aliphatic hydroxyl groups excluding tert-OH is 7. The Morgan fingerprint density at radius 2 is 0.823 bits per heavy atom. The number of allylic oxidation sites excluding steroid dienone is 16. The summed E-state index contributed by atoms with van der Waals surface area (Å²) in [6.07, 6.45) is 51.8. The van der Waals surface area contributed by atoms with Crippen LogP contribution in [0.1, 0.15) is 206 Å². The van der Waals surface area contributed by atoms with Gasteiger partial charge in [-0.1, -0.05) is 201 Å². The van der Waals surface area contributed by atoms with Gasteiger partial charge >= 0.3 is 5.97 Å². The first-order valence-corrected chi connectivity index (χ1v) is 30.8. The van der Waals surface area contributed by atoms with Gasteiger partial charge in [0.2, 0.25) is 0 Å². The Bertz CT molecular complexity index is 1670. The number of hydrogen-bond donors (Lipinski definition) is 7. The lowest BCUT2D eigenvalue weighted by atomic mass is 9.98. The van der Waals surface area contributed by atoms with Crippen LogP contribution in [0.3, 0.4) is 0 Å². The molecular weight excluding hydrogens is 1000 g/mol. The van der Waals surface area contributed by atoms with Gasteiger partial charge in [0.1, 0.15) is 54.9 Å². The lowest BCUT2D eigenvalue weighted by Gasteiger charge is -2.42. The quantitative estimate of drug-likeness (QED) is 0.0172. The van der Waals surface area contributed by atoms with Crippen LogP contribution in [0.4, 0.5) is 0 Å². The number of ether oxygens (including phenoxy) is 6. The van der Waals surface area contributed by atoms with Crippen molar-refractivity contribution in [3.05, 3.63) is 97.2 Å². The fraction of sp³-hybridized carbons (Fsp3) is 0.738. The number of carbonyl (C=O) groups excluding carboxylic acids is 1. The Morgan fingerprint density at radius 3 is 1.30 bits per heavy atom. The predicted octanol–water partition coefficient (Wildman–Crippen LogP) is 11.7. The maximum atomic E-state index is 13.1. The van der Waals surface area contributed by atoms with Gasteiger partial charge in [-0.2, -0.15) is 0 Å². The van der Waals surface area contributed by atoms with E-state index in [0.717, 1.165) is 96.3 Å². The van der Waals surface area contributed by atoms with Crippen molar-refractivity contribution in [2.24, 2.45) is 0 Å². The van der Waals surface area contributed by atoms with Crippen molar-refractivity contribution in [2.45, 2.75) is 274 Å². The number of aliphatic hydroxyl groups is 7. The minimum atomic E-state index is -1.72. The molecule has 0 aromatic rings. The van der Waals surface area contributed by atoms with Crippen LogP contribution >= 0.6 is 0 Å². The van der Waals surface area contributed by atoms with E-state index < -0.39 is 86.7 Å². The van der Waals surface area contributed by atoms with E-state index in [0.29, 0.717) is 13.0 Å². The number of carbonyl (C=O) groups is 1. The number of hydrogen-bond acceptors (Lipinski definition) is 14. The highest BCUT2D eigenvalue weighted by Crippen LogP contribution is 2.27. The Balaban J connectivity index is 1.72. The van der Waals surface area contributed by atoms with Crippen molar-refractivity contribution in [3.8, 4) is 0 Å². The van der Waals surface area contributed by atoms with Gasteiger partial charge in [-0.25, -0.2) is 0 Å². The molecule has 454 valence electrons. The average Bonchev–Trinajstić information content (AvgIpc) is 3.46. The van der Waals surface area contributed by atoms with E-state index in [1.807, 2.05) is 0 Å². The fourth-order valence-electron chi connectivity index (χ4n) is 9.14. The highest BCUT2D eigenvalue weighted by molar-refractivity contribution is 5.69. The Hall–Kier alpha value is -3.09. The van der Waals surface area contributed by atoms with Gasteiger partial charge in [0, 0.05) is 13.0 Å². The van der Waals surface area contributed by atoms with E-state index in [1.54, 1.807) is 0 Å². The first kappa shape index (κ1) is 72.0.